The van der Waals surface area contributed by atoms with Crippen LogP contribution in [0.3, 0.4) is 0 Å². The van der Waals surface area contributed by atoms with E-state index in [2.05, 4.69) is 56.8 Å². The van der Waals surface area contributed by atoms with Crippen molar-refractivity contribution in [3.63, 3.8) is 0 Å². The van der Waals surface area contributed by atoms with E-state index in [1.165, 1.54) is 11.0 Å². The number of para-hydroxylation sites is 1. The lowest BCUT2D eigenvalue weighted by atomic mass is 9.77. The minimum Gasteiger partial charge on any atom is -0.321 e. The van der Waals surface area contributed by atoms with Gasteiger partial charge in [-0.25, -0.2) is 19.8 Å². The minimum atomic E-state index is -1.46. The third kappa shape index (κ3) is 6.25. The van der Waals surface area contributed by atoms with Gasteiger partial charge in [0.2, 0.25) is 12.1 Å². The number of fused-ring (bicyclic) bond motifs is 1. The van der Waals surface area contributed by atoms with Crippen molar-refractivity contribution in [2.24, 2.45) is 10.1 Å². The molecule has 0 unspecified atom stereocenters. The van der Waals surface area contributed by atoms with Crippen LogP contribution in [0.2, 0.25) is 0 Å². The number of aliphatic imine (C=N–C) groups is 1. The van der Waals surface area contributed by atoms with Gasteiger partial charge >= 0.3 is 0 Å². The zero-order valence-electron chi connectivity index (χ0n) is 29.0. The number of benzodiazepines with no additional fused rings is 1. The number of hydrazone groups is 1. The van der Waals surface area contributed by atoms with Crippen LogP contribution in [0.4, 0.5) is 10.1 Å². The van der Waals surface area contributed by atoms with Gasteiger partial charge in [0.25, 0.3) is 11.8 Å². The predicted octanol–water partition coefficient (Wildman–Crippen LogP) is 5.95. The number of carbonyl (C=O) groups is 3. The summed E-state index contributed by atoms with van der Waals surface area (Å²) in [6.07, 6.45) is 2.41. The van der Waals surface area contributed by atoms with E-state index in [1.807, 2.05) is 60.8 Å². The molecule has 1 atom stereocenters. The van der Waals surface area contributed by atoms with Crippen LogP contribution in [0, 0.1) is 5.82 Å². The molecule has 266 valence electrons. The molecule has 54 heavy (non-hydrogen) atoms. The highest BCUT2D eigenvalue weighted by atomic mass is 19.1. The molecule has 0 radical (unpaired) electrons. The van der Waals surface area contributed by atoms with Gasteiger partial charge in [-0.1, -0.05) is 121 Å². The topological polar surface area (TPSA) is 121 Å². The average molecular weight is 716 g/mol. The van der Waals surface area contributed by atoms with Gasteiger partial charge in [-0.05, 0) is 34.9 Å². The number of amides is 3. The molecule has 0 spiro atoms. The van der Waals surface area contributed by atoms with Gasteiger partial charge < -0.3 is 14.8 Å². The van der Waals surface area contributed by atoms with Gasteiger partial charge in [0.05, 0.1) is 30.0 Å². The second-order valence-corrected chi connectivity index (χ2v) is 12.9. The number of anilines is 1. The minimum absolute atomic E-state index is 0.000736. The van der Waals surface area contributed by atoms with Crippen molar-refractivity contribution >= 4 is 34.8 Å². The quantitative estimate of drug-likeness (QED) is 0.180. The van der Waals surface area contributed by atoms with E-state index in [4.69, 9.17) is 9.98 Å². The SMILES string of the molecule is O=C1CCC(C(=O)N[C@H]2N=C(c3ccccc3F)c3ccccc3N(Cc3cn(C(c4ccccc4)(c4ccccc4)c4ccccc4)cn3)C2=O)=NN1. The third-order valence-electron chi connectivity index (χ3n) is 9.69. The average Bonchev–Trinajstić information content (AvgIpc) is 3.65. The van der Waals surface area contributed by atoms with Gasteiger partial charge in [-0.2, -0.15) is 5.10 Å². The second-order valence-electron chi connectivity index (χ2n) is 12.9. The highest BCUT2D eigenvalue weighted by Gasteiger charge is 2.39. The summed E-state index contributed by atoms with van der Waals surface area (Å²) in [7, 11) is 0. The number of halogens is 1. The summed E-state index contributed by atoms with van der Waals surface area (Å²) in [6, 6.07) is 43.8. The Bertz CT molecular complexity index is 2320. The molecule has 3 amide bonds. The van der Waals surface area contributed by atoms with Crippen LogP contribution in [0.5, 0.6) is 0 Å². The van der Waals surface area contributed by atoms with Crippen molar-refractivity contribution in [3.8, 4) is 0 Å². The lowest BCUT2D eigenvalue weighted by molar-refractivity contribution is -0.125. The highest BCUT2D eigenvalue weighted by molar-refractivity contribution is 6.40. The van der Waals surface area contributed by atoms with Crippen molar-refractivity contribution in [2.45, 2.75) is 31.1 Å². The van der Waals surface area contributed by atoms with Crippen molar-refractivity contribution < 1.29 is 18.8 Å². The lowest BCUT2D eigenvalue weighted by Crippen LogP contribution is -2.49. The Balaban J connectivity index is 1.24. The van der Waals surface area contributed by atoms with Crippen LogP contribution in [0.25, 0.3) is 0 Å². The van der Waals surface area contributed by atoms with Crippen LogP contribution in [-0.2, 0) is 26.5 Å². The summed E-state index contributed by atoms with van der Waals surface area (Å²) in [4.78, 5) is 51.0. The molecule has 0 fully saturated rings. The molecular weight excluding hydrogens is 682 g/mol. The molecule has 6 aromatic rings. The normalized spacial score (nSPS) is 15.7. The summed E-state index contributed by atoms with van der Waals surface area (Å²) < 4.78 is 17.5. The molecule has 2 aliphatic rings. The number of carbonyl (C=O) groups excluding carboxylic acids is 3. The summed E-state index contributed by atoms with van der Waals surface area (Å²) >= 11 is 0. The van der Waals surface area contributed by atoms with E-state index in [9.17, 15) is 14.4 Å². The number of rotatable bonds is 9. The molecule has 11 heteroatoms. The van der Waals surface area contributed by atoms with Crippen LogP contribution >= 0.6 is 0 Å². The molecule has 0 aliphatic carbocycles. The molecule has 2 aliphatic heterocycles. The number of imidazole rings is 1. The molecule has 5 aromatic carbocycles. The summed E-state index contributed by atoms with van der Waals surface area (Å²) in [5.41, 5.74) is 6.47. The standard InChI is InChI=1S/C43H34FN7O3/c44-35-22-12-10-20-33(35)39-34-21-11-13-23-37(34)51(42(54)40(46-39)47-41(53)36-24-25-38(52)49-48-36)27-32-26-50(28-45-32)43(29-14-4-1-5-15-29,30-16-6-2-7-17-30)31-18-8-3-9-19-31/h1-23,26,28,40H,24-25,27H2,(H,47,53)(H,49,52)/t40-/m1/s1. The molecule has 3 heterocycles. The maximum atomic E-state index is 15.5. The number of aromatic nitrogens is 2. The first kappa shape index (κ1) is 34.1. The first-order valence-corrected chi connectivity index (χ1v) is 17.5. The lowest BCUT2D eigenvalue weighted by Gasteiger charge is -2.37. The Morgan fingerprint density at radius 3 is 1.93 bits per heavy atom. The molecule has 0 saturated carbocycles. The van der Waals surface area contributed by atoms with Crippen LogP contribution < -0.4 is 15.6 Å². The third-order valence-corrected chi connectivity index (χ3v) is 9.69. The van der Waals surface area contributed by atoms with Gasteiger partial charge in [0, 0.05) is 30.2 Å². The predicted molar refractivity (Wildman–Crippen MR) is 203 cm³/mol. The summed E-state index contributed by atoms with van der Waals surface area (Å²) in [5, 5.41) is 6.61. The van der Waals surface area contributed by atoms with E-state index in [1.54, 1.807) is 48.8 Å². The van der Waals surface area contributed by atoms with E-state index in [-0.39, 0.29) is 42.3 Å². The van der Waals surface area contributed by atoms with Crippen LogP contribution in [-0.4, -0.2) is 44.9 Å². The zero-order valence-corrected chi connectivity index (χ0v) is 29.0. The van der Waals surface area contributed by atoms with Gasteiger partial charge in [0.1, 0.15) is 17.1 Å². The van der Waals surface area contributed by atoms with Crippen molar-refractivity contribution in [1.82, 2.24) is 20.3 Å². The van der Waals surface area contributed by atoms with Crippen LogP contribution in [0.15, 0.2) is 162 Å². The summed E-state index contributed by atoms with van der Waals surface area (Å²) in [6.45, 7) is 0.000736. The first-order valence-electron chi connectivity index (χ1n) is 17.5. The summed E-state index contributed by atoms with van der Waals surface area (Å²) in [5.74, 6) is -2.07. The number of nitrogens with zero attached hydrogens (tertiary/aromatic N) is 5. The fourth-order valence-corrected chi connectivity index (χ4v) is 7.18. The zero-order chi connectivity index (χ0) is 37.1. The molecular formula is C43H34FN7O3. The Labute approximate surface area is 310 Å². The van der Waals surface area contributed by atoms with Crippen molar-refractivity contribution in [2.75, 3.05) is 4.90 Å². The highest BCUT2D eigenvalue weighted by Crippen LogP contribution is 2.41. The number of hydrogen-bond donors (Lipinski definition) is 2. The fraction of sp³-hybridized carbons (Fsp3) is 0.116. The van der Waals surface area contributed by atoms with E-state index >= 15 is 4.39 Å². The molecule has 10 nitrogen and oxygen atoms in total. The molecule has 1 aromatic heterocycles. The fourth-order valence-electron chi connectivity index (χ4n) is 7.18. The molecule has 0 saturated heterocycles. The molecule has 8 rings (SSSR count). The van der Waals surface area contributed by atoms with Gasteiger partial charge in [-0.3, -0.25) is 14.4 Å². The Morgan fingerprint density at radius 1 is 0.759 bits per heavy atom. The number of hydrogen-bond acceptors (Lipinski definition) is 6. The molecule has 2 N–H and O–H groups in total. The smallest absolute Gasteiger partial charge is 0.272 e. The Morgan fingerprint density at radius 2 is 1.33 bits per heavy atom. The first-order chi connectivity index (χ1) is 26.4. The Kier molecular flexibility index (Phi) is 9.19. The maximum absolute atomic E-state index is 15.5. The Hall–Kier alpha value is -7.01. The second kappa shape index (κ2) is 14.5. The maximum Gasteiger partial charge on any atom is 0.272 e. The number of nitrogens with one attached hydrogen (secondary N) is 2. The largest absolute Gasteiger partial charge is 0.321 e. The monoisotopic (exact) mass is 715 g/mol. The van der Waals surface area contributed by atoms with Crippen LogP contribution in [0.1, 0.15) is 46.4 Å². The molecule has 0 bridgehead atoms. The van der Waals surface area contributed by atoms with E-state index in [0.717, 1.165) is 16.7 Å². The van der Waals surface area contributed by atoms with E-state index < -0.39 is 29.3 Å². The van der Waals surface area contributed by atoms with Gasteiger partial charge in [-0.15, -0.1) is 0 Å². The van der Waals surface area contributed by atoms with Crippen molar-refractivity contribution in [1.29, 1.82) is 0 Å². The van der Waals surface area contributed by atoms with E-state index in [0.29, 0.717) is 16.9 Å². The van der Waals surface area contributed by atoms with Gasteiger partial charge in [0.15, 0.2) is 0 Å². The number of benzene rings is 5. The van der Waals surface area contributed by atoms with Crippen molar-refractivity contribution in [3.05, 3.63) is 191 Å².